The second-order valence-electron chi connectivity index (χ2n) is 9.04. The van der Waals surface area contributed by atoms with Crippen LogP contribution in [0.2, 0.25) is 0 Å². The third kappa shape index (κ3) is 5.60. The average Bonchev–Trinajstić information content (AvgIpc) is 2.79. The Morgan fingerprint density at radius 2 is 1.03 bits per heavy atom. The number of rotatable bonds is 6. The van der Waals surface area contributed by atoms with Crippen molar-refractivity contribution < 1.29 is 19.8 Å². The molecule has 0 bridgehead atoms. The monoisotopic (exact) mass is 484 g/mol. The van der Waals surface area contributed by atoms with Crippen molar-refractivity contribution in [2.24, 2.45) is 0 Å². The van der Waals surface area contributed by atoms with Crippen LogP contribution in [0.25, 0.3) is 10.8 Å². The van der Waals surface area contributed by atoms with Crippen molar-refractivity contribution in [3.63, 3.8) is 0 Å². The van der Waals surface area contributed by atoms with E-state index in [2.05, 4.69) is 9.97 Å². The van der Waals surface area contributed by atoms with Crippen LogP contribution in [0.15, 0.2) is 60.7 Å². The van der Waals surface area contributed by atoms with E-state index in [0.29, 0.717) is 11.6 Å². The van der Waals surface area contributed by atoms with Crippen molar-refractivity contribution in [2.45, 2.75) is 40.8 Å². The summed E-state index contributed by atoms with van der Waals surface area (Å²) in [6.07, 6.45) is -2.14. The minimum absolute atomic E-state index is 0.161. The Hall–Kier alpha value is -4.46. The van der Waals surface area contributed by atoms with Crippen LogP contribution in [0.3, 0.4) is 0 Å². The van der Waals surface area contributed by atoms with Crippen LogP contribution in [-0.4, -0.2) is 32.4 Å². The van der Waals surface area contributed by atoms with E-state index in [9.17, 15) is 19.8 Å². The van der Waals surface area contributed by atoms with Gasteiger partial charge in [0.15, 0.2) is 0 Å². The van der Waals surface area contributed by atoms with Gasteiger partial charge in [0.1, 0.15) is 11.6 Å². The molecule has 2 aromatic carbocycles. The fourth-order valence-corrected chi connectivity index (χ4v) is 4.32. The van der Waals surface area contributed by atoms with Crippen molar-refractivity contribution in [2.75, 3.05) is 9.80 Å². The number of aryl methyl sites for hydroxylation is 4. The smallest absolute Gasteiger partial charge is 0.413 e. The third-order valence-corrected chi connectivity index (χ3v) is 5.83. The predicted octanol–water partition coefficient (Wildman–Crippen LogP) is 6.23. The fraction of sp³-hybridized carbons (Fsp3) is 0.214. The molecule has 4 aromatic rings. The van der Waals surface area contributed by atoms with E-state index in [1.165, 1.54) is 9.80 Å². The molecule has 0 aliphatic rings. The molecule has 2 N–H and O–H groups in total. The summed E-state index contributed by atoms with van der Waals surface area (Å²) in [5.74, 6) is 0.786. The molecule has 0 aliphatic carbocycles. The van der Waals surface area contributed by atoms with Gasteiger partial charge in [0.2, 0.25) is 0 Å². The number of carbonyl (C=O) groups is 2. The molecule has 8 heteroatoms. The van der Waals surface area contributed by atoms with Crippen LogP contribution in [0.5, 0.6) is 0 Å². The van der Waals surface area contributed by atoms with Gasteiger partial charge in [-0.1, -0.05) is 24.3 Å². The highest BCUT2D eigenvalue weighted by molar-refractivity contribution is 5.88. The fourth-order valence-electron chi connectivity index (χ4n) is 4.32. The molecule has 0 radical (unpaired) electrons. The van der Waals surface area contributed by atoms with Crippen molar-refractivity contribution in [1.82, 2.24) is 9.97 Å². The molecule has 0 saturated carbocycles. The van der Waals surface area contributed by atoms with E-state index in [-0.39, 0.29) is 13.1 Å². The Balaban J connectivity index is 1.59. The topological polar surface area (TPSA) is 107 Å². The molecule has 0 atom stereocenters. The molecule has 2 heterocycles. The van der Waals surface area contributed by atoms with E-state index in [1.54, 1.807) is 12.1 Å². The van der Waals surface area contributed by atoms with Crippen molar-refractivity contribution >= 4 is 34.6 Å². The second kappa shape index (κ2) is 10.0. The minimum Gasteiger partial charge on any atom is -0.465 e. The highest BCUT2D eigenvalue weighted by Crippen LogP contribution is 2.24. The van der Waals surface area contributed by atoms with Crippen LogP contribution in [0.4, 0.5) is 21.2 Å². The Labute approximate surface area is 209 Å². The summed E-state index contributed by atoms with van der Waals surface area (Å²) in [4.78, 5) is 35.2. The zero-order valence-electron chi connectivity index (χ0n) is 20.7. The average molecular weight is 485 g/mol. The SMILES string of the molecule is Cc1cc(C)nc(N(Cc2ccc3cc(CN(C(=O)O)c4cc(C)cc(C)n4)ccc3c2)C(=O)O)c1. The van der Waals surface area contributed by atoms with E-state index < -0.39 is 12.2 Å². The number of pyridine rings is 2. The lowest BCUT2D eigenvalue weighted by atomic mass is 10.0. The van der Waals surface area contributed by atoms with Gasteiger partial charge in [-0.25, -0.2) is 19.6 Å². The van der Waals surface area contributed by atoms with Crippen LogP contribution in [0.1, 0.15) is 33.6 Å². The van der Waals surface area contributed by atoms with Gasteiger partial charge in [0, 0.05) is 11.4 Å². The number of carboxylic acid groups (broad SMARTS) is 2. The lowest BCUT2D eigenvalue weighted by Crippen LogP contribution is -2.29. The molecule has 0 aliphatic heterocycles. The quantitative estimate of drug-likeness (QED) is 0.336. The molecule has 36 heavy (non-hydrogen) atoms. The number of hydrogen-bond donors (Lipinski definition) is 2. The Morgan fingerprint density at radius 1 is 0.639 bits per heavy atom. The number of fused-ring (bicyclic) bond motifs is 1. The summed E-state index contributed by atoms with van der Waals surface area (Å²) in [5.41, 5.74) is 5.06. The summed E-state index contributed by atoms with van der Waals surface area (Å²) >= 11 is 0. The first kappa shape index (κ1) is 24.7. The number of nitrogens with zero attached hydrogens (tertiary/aromatic N) is 4. The minimum atomic E-state index is -1.07. The molecule has 0 spiro atoms. The number of anilines is 2. The first-order chi connectivity index (χ1) is 17.1. The molecule has 8 nitrogen and oxygen atoms in total. The van der Waals surface area contributed by atoms with Crippen LogP contribution < -0.4 is 9.80 Å². The molecule has 2 aromatic heterocycles. The van der Waals surface area contributed by atoms with Gasteiger partial charge in [-0.05, 0) is 97.1 Å². The van der Waals surface area contributed by atoms with Crippen molar-refractivity contribution in [3.05, 3.63) is 94.3 Å². The second-order valence-corrected chi connectivity index (χ2v) is 9.04. The number of aromatic nitrogens is 2. The summed E-state index contributed by atoms with van der Waals surface area (Å²) in [6.45, 7) is 7.82. The van der Waals surface area contributed by atoms with Gasteiger partial charge < -0.3 is 10.2 Å². The Morgan fingerprint density at radius 3 is 1.36 bits per heavy atom. The first-order valence-electron chi connectivity index (χ1n) is 11.5. The third-order valence-electron chi connectivity index (χ3n) is 5.83. The molecule has 0 unspecified atom stereocenters. The van der Waals surface area contributed by atoms with Crippen LogP contribution in [0, 0.1) is 27.7 Å². The lowest BCUT2D eigenvalue weighted by molar-refractivity contribution is 0.200. The molecule has 4 rings (SSSR count). The van der Waals surface area contributed by atoms with E-state index in [0.717, 1.165) is 44.4 Å². The van der Waals surface area contributed by atoms with Gasteiger partial charge in [-0.15, -0.1) is 0 Å². The van der Waals surface area contributed by atoms with Gasteiger partial charge in [0.25, 0.3) is 0 Å². The lowest BCUT2D eigenvalue weighted by Gasteiger charge is -2.20. The molecular formula is C28H28N4O4. The zero-order valence-corrected chi connectivity index (χ0v) is 20.7. The van der Waals surface area contributed by atoms with Crippen LogP contribution >= 0.6 is 0 Å². The highest BCUT2D eigenvalue weighted by atomic mass is 16.4. The van der Waals surface area contributed by atoms with Crippen molar-refractivity contribution in [3.8, 4) is 0 Å². The van der Waals surface area contributed by atoms with Gasteiger partial charge in [0.05, 0.1) is 13.1 Å². The largest absolute Gasteiger partial charge is 0.465 e. The Kier molecular flexibility index (Phi) is 6.87. The number of hydrogen-bond acceptors (Lipinski definition) is 4. The summed E-state index contributed by atoms with van der Waals surface area (Å²) in [6, 6.07) is 18.8. The molecule has 184 valence electrons. The van der Waals surface area contributed by atoms with E-state index in [4.69, 9.17) is 0 Å². The summed E-state index contributed by atoms with van der Waals surface area (Å²) in [7, 11) is 0. The maximum Gasteiger partial charge on any atom is 0.413 e. The molecule has 0 saturated heterocycles. The van der Waals surface area contributed by atoms with E-state index >= 15 is 0 Å². The molecule has 0 fully saturated rings. The van der Waals surface area contributed by atoms with Crippen molar-refractivity contribution in [1.29, 1.82) is 0 Å². The summed E-state index contributed by atoms with van der Waals surface area (Å²) in [5, 5.41) is 21.5. The summed E-state index contributed by atoms with van der Waals surface area (Å²) < 4.78 is 0. The van der Waals surface area contributed by atoms with Crippen LogP contribution in [-0.2, 0) is 13.1 Å². The maximum atomic E-state index is 12.0. The zero-order chi connectivity index (χ0) is 26.0. The van der Waals surface area contributed by atoms with Gasteiger partial charge >= 0.3 is 12.2 Å². The number of amides is 2. The maximum absolute atomic E-state index is 12.0. The standard InChI is InChI=1S/C28H28N4O4/c1-17-9-19(3)29-25(11-17)31(27(33)34)15-21-5-7-24-14-22(6-8-23(24)13-21)16-32(28(35)36)26-12-18(2)10-20(4)30-26/h5-14H,15-16H2,1-4H3,(H,33,34)(H,35,36). The normalized spacial score (nSPS) is 10.9. The first-order valence-corrected chi connectivity index (χ1v) is 11.5. The van der Waals surface area contributed by atoms with Gasteiger partial charge in [-0.3, -0.25) is 9.80 Å². The highest BCUT2D eigenvalue weighted by Gasteiger charge is 2.19. The predicted molar refractivity (Wildman–Crippen MR) is 140 cm³/mol. The Bertz CT molecular complexity index is 1320. The molecule has 2 amide bonds. The molecular weight excluding hydrogens is 456 g/mol. The van der Waals surface area contributed by atoms with E-state index in [1.807, 2.05) is 76.2 Å². The number of benzene rings is 2. The van der Waals surface area contributed by atoms with Gasteiger partial charge in [-0.2, -0.15) is 0 Å².